The van der Waals surface area contributed by atoms with Crippen molar-refractivity contribution in [3.8, 4) is 0 Å². The molecule has 0 spiro atoms. The Morgan fingerprint density at radius 1 is 1.08 bits per heavy atom. The SMILES string of the molecule is CNCN1CCN(C(C)(C)C)CC1. The van der Waals surface area contributed by atoms with Crippen LogP contribution >= 0.6 is 0 Å². The van der Waals surface area contributed by atoms with Crippen LogP contribution in [-0.4, -0.2) is 55.2 Å². The number of hydrogen-bond acceptors (Lipinski definition) is 3. The van der Waals surface area contributed by atoms with Crippen LogP contribution in [0.4, 0.5) is 0 Å². The van der Waals surface area contributed by atoms with E-state index in [4.69, 9.17) is 0 Å². The normalized spacial score (nSPS) is 22.2. The van der Waals surface area contributed by atoms with Crippen LogP contribution in [0.15, 0.2) is 0 Å². The zero-order valence-corrected chi connectivity index (χ0v) is 9.43. The predicted molar refractivity (Wildman–Crippen MR) is 56.8 cm³/mol. The van der Waals surface area contributed by atoms with Crippen LogP contribution in [0.2, 0.25) is 0 Å². The Labute approximate surface area is 82.1 Å². The minimum absolute atomic E-state index is 0.339. The van der Waals surface area contributed by atoms with Crippen molar-refractivity contribution in [2.75, 3.05) is 39.9 Å². The van der Waals surface area contributed by atoms with E-state index < -0.39 is 0 Å². The fourth-order valence-corrected chi connectivity index (χ4v) is 1.80. The van der Waals surface area contributed by atoms with E-state index in [9.17, 15) is 0 Å². The van der Waals surface area contributed by atoms with Gasteiger partial charge < -0.3 is 5.32 Å². The molecule has 3 heteroatoms. The van der Waals surface area contributed by atoms with Gasteiger partial charge in [0.15, 0.2) is 0 Å². The first-order valence-electron chi connectivity index (χ1n) is 5.16. The highest BCUT2D eigenvalue weighted by Gasteiger charge is 2.25. The Balaban J connectivity index is 2.30. The van der Waals surface area contributed by atoms with Gasteiger partial charge in [-0.3, -0.25) is 9.80 Å². The van der Waals surface area contributed by atoms with E-state index >= 15 is 0 Å². The lowest BCUT2D eigenvalue weighted by atomic mass is 10.1. The predicted octanol–water partition coefficient (Wildman–Crippen LogP) is 0.579. The number of piperazine rings is 1. The monoisotopic (exact) mass is 185 g/mol. The summed E-state index contributed by atoms with van der Waals surface area (Å²) in [7, 11) is 2.01. The second-order valence-electron chi connectivity index (χ2n) is 4.79. The molecule has 0 aromatic carbocycles. The zero-order chi connectivity index (χ0) is 9.90. The lowest BCUT2D eigenvalue weighted by Gasteiger charge is -2.42. The van der Waals surface area contributed by atoms with Crippen LogP contribution in [-0.2, 0) is 0 Å². The average Bonchev–Trinajstić information content (AvgIpc) is 2.04. The number of nitrogens with zero attached hydrogens (tertiary/aromatic N) is 2. The molecule has 1 rings (SSSR count). The van der Waals surface area contributed by atoms with Crippen LogP contribution in [0.1, 0.15) is 20.8 Å². The van der Waals surface area contributed by atoms with Crippen molar-refractivity contribution in [2.24, 2.45) is 0 Å². The molecule has 0 saturated carbocycles. The third-order valence-electron chi connectivity index (χ3n) is 2.70. The first-order valence-corrected chi connectivity index (χ1v) is 5.16. The molecule has 0 unspecified atom stereocenters. The van der Waals surface area contributed by atoms with Gasteiger partial charge in [-0.2, -0.15) is 0 Å². The molecule has 1 fully saturated rings. The molecule has 0 atom stereocenters. The maximum absolute atomic E-state index is 3.20. The van der Waals surface area contributed by atoms with Crippen molar-refractivity contribution in [2.45, 2.75) is 26.3 Å². The third kappa shape index (κ3) is 3.25. The van der Waals surface area contributed by atoms with E-state index in [1.807, 2.05) is 7.05 Å². The van der Waals surface area contributed by atoms with E-state index in [1.165, 1.54) is 26.2 Å². The van der Waals surface area contributed by atoms with E-state index in [0.29, 0.717) is 5.54 Å². The topological polar surface area (TPSA) is 18.5 Å². The van der Waals surface area contributed by atoms with Crippen molar-refractivity contribution >= 4 is 0 Å². The highest BCUT2D eigenvalue weighted by Crippen LogP contribution is 2.15. The number of nitrogens with one attached hydrogen (secondary N) is 1. The average molecular weight is 185 g/mol. The van der Waals surface area contributed by atoms with Crippen LogP contribution < -0.4 is 5.32 Å². The summed E-state index contributed by atoms with van der Waals surface area (Å²) in [5, 5.41) is 3.20. The summed E-state index contributed by atoms with van der Waals surface area (Å²) >= 11 is 0. The first kappa shape index (κ1) is 11.0. The van der Waals surface area contributed by atoms with Gasteiger partial charge in [0, 0.05) is 38.4 Å². The van der Waals surface area contributed by atoms with Gasteiger partial charge in [0.05, 0.1) is 0 Å². The van der Waals surface area contributed by atoms with Crippen molar-refractivity contribution in [3.63, 3.8) is 0 Å². The lowest BCUT2D eigenvalue weighted by molar-refractivity contribution is 0.0598. The molecule has 78 valence electrons. The molecule has 0 bridgehead atoms. The Morgan fingerprint density at radius 2 is 1.62 bits per heavy atom. The van der Waals surface area contributed by atoms with Crippen LogP contribution in [0.3, 0.4) is 0 Å². The summed E-state index contributed by atoms with van der Waals surface area (Å²) in [6.07, 6.45) is 0. The maximum Gasteiger partial charge on any atom is 0.0479 e. The summed E-state index contributed by atoms with van der Waals surface area (Å²) in [6.45, 7) is 12.7. The Morgan fingerprint density at radius 3 is 2.00 bits per heavy atom. The Kier molecular flexibility index (Phi) is 3.71. The van der Waals surface area contributed by atoms with Gasteiger partial charge in [-0.1, -0.05) is 0 Å². The van der Waals surface area contributed by atoms with E-state index in [2.05, 4.69) is 35.9 Å². The molecule has 13 heavy (non-hydrogen) atoms. The highest BCUT2D eigenvalue weighted by molar-refractivity contribution is 4.81. The van der Waals surface area contributed by atoms with Crippen LogP contribution in [0, 0.1) is 0 Å². The summed E-state index contributed by atoms with van der Waals surface area (Å²) in [4.78, 5) is 5.02. The molecular weight excluding hydrogens is 162 g/mol. The minimum Gasteiger partial charge on any atom is -0.307 e. The van der Waals surface area contributed by atoms with Gasteiger partial charge in [-0.25, -0.2) is 0 Å². The molecular formula is C10H23N3. The van der Waals surface area contributed by atoms with Gasteiger partial charge in [0.1, 0.15) is 0 Å². The molecule has 1 saturated heterocycles. The van der Waals surface area contributed by atoms with E-state index in [-0.39, 0.29) is 0 Å². The Bertz CT molecular complexity index is 143. The molecule has 0 amide bonds. The standard InChI is InChI=1S/C10H23N3/c1-10(2,3)13-7-5-12(6-8-13)9-11-4/h11H,5-9H2,1-4H3. The lowest BCUT2D eigenvalue weighted by Crippen LogP contribution is -2.54. The molecule has 0 aliphatic carbocycles. The molecule has 0 radical (unpaired) electrons. The van der Waals surface area contributed by atoms with Crippen molar-refractivity contribution in [1.29, 1.82) is 0 Å². The molecule has 3 nitrogen and oxygen atoms in total. The summed E-state index contributed by atoms with van der Waals surface area (Å²) in [5.41, 5.74) is 0.339. The summed E-state index contributed by atoms with van der Waals surface area (Å²) < 4.78 is 0. The summed E-state index contributed by atoms with van der Waals surface area (Å²) in [6, 6.07) is 0. The largest absolute Gasteiger partial charge is 0.307 e. The molecule has 0 aromatic rings. The van der Waals surface area contributed by atoms with E-state index in [0.717, 1.165) is 6.67 Å². The second kappa shape index (κ2) is 4.40. The molecule has 1 N–H and O–H groups in total. The first-order chi connectivity index (χ1) is 6.04. The van der Waals surface area contributed by atoms with Gasteiger partial charge in [0.25, 0.3) is 0 Å². The second-order valence-corrected chi connectivity index (χ2v) is 4.79. The van der Waals surface area contributed by atoms with E-state index in [1.54, 1.807) is 0 Å². The maximum atomic E-state index is 3.20. The fraction of sp³-hybridized carbons (Fsp3) is 1.00. The highest BCUT2D eigenvalue weighted by atomic mass is 15.3. The molecule has 1 aliphatic rings. The van der Waals surface area contributed by atoms with Gasteiger partial charge in [-0.05, 0) is 27.8 Å². The van der Waals surface area contributed by atoms with Crippen molar-refractivity contribution in [3.05, 3.63) is 0 Å². The van der Waals surface area contributed by atoms with Crippen molar-refractivity contribution < 1.29 is 0 Å². The van der Waals surface area contributed by atoms with Gasteiger partial charge in [-0.15, -0.1) is 0 Å². The van der Waals surface area contributed by atoms with Crippen LogP contribution in [0.25, 0.3) is 0 Å². The fourth-order valence-electron chi connectivity index (χ4n) is 1.80. The third-order valence-corrected chi connectivity index (χ3v) is 2.70. The Hall–Kier alpha value is -0.120. The molecule has 0 aromatic heterocycles. The van der Waals surface area contributed by atoms with Crippen LogP contribution in [0.5, 0.6) is 0 Å². The minimum atomic E-state index is 0.339. The van der Waals surface area contributed by atoms with Gasteiger partial charge >= 0.3 is 0 Å². The summed E-state index contributed by atoms with van der Waals surface area (Å²) in [5.74, 6) is 0. The molecule has 1 aliphatic heterocycles. The number of hydrogen-bond donors (Lipinski definition) is 1. The smallest absolute Gasteiger partial charge is 0.0479 e. The van der Waals surface area contributed by atoms with Gasteiger partial charge in [0.2, 0.25) is 0 Å². The van der Waals surface area contributed by atoms with Crippen molar-refractivity contribution in [1.82, 2.24) is 15.1 Å². The number of rotatable bonds is 2. The quantitative estimate of drug-likeness (QED) is 0.679. The zero-order valence-electron chi connectivity index (χ0n) is 9.43. The molecule has 1 heterocycles.